The van der Waals surface area contributed by atoms with E-state index in [2.05, 4.69) is 11.1 Å². The number of sulfonamides is 1. The van der Waals surface area contributed by atoms with E-state index in [9.17, 15) is 13.2 Å². The van der Waals surface area contributed by atoms with Gasteiger partial charge in [0, 0.05) is 31.5 Å². The number of imidazole rings is 1. The zero-order valence-corrected chi connectivity index (χ0v) is 16.1. The van der Waals surface area contributed by atoms with E-state index in [1.807, 2.05) is 18.2 Å². The second kappa shape index (κ2) is 7.44. The second-order valence-electron chi connectivity index (χ2n) is 7.13. The molecule has 0 aliphatic carbocycles. The van der Waals surface area contributed by atoms with Crippen LogP contribution in [0.15, 0.2) is 41.8 Å². The topological polar surface area (TPSA) is 75.5 Å². The largest absolute Gasteiger partial charge is 0.327 e. The van der Waals surface area contributed by atoms with Gasteiger partial charge in [0.1, 0.15) is 6.54 Å². The van der Waals surface area contributed by atoms with Crippen molar-refractivity contribution < 1.29 is 13.2 Å². The van der Waals surface area contributed by atoms with Gasteiger partial charge in [0.15, 0.2) is 5.03 Å². The molecule has 0 N–H and O–H groups in total. The zero-order chi connectivity index (χ0) is 18.9. The standard InChI is InChI=1S/C19H24N4O3S/c24-19(23-12-6-8-16-7-2-3-9-17(16)23)14-21-13-18(20-15-21)27(25,26)22-10-4-1-5-11-22/h2-3,7,9,13,15H,1,4-6,8,10-12,14H2. The zero-order valence-electron chi connectivity index (χ0n) is 15.2. The number of benzene rings is 1. The minimum absolute atomic E-state index is 0.0243. The molecule has 1 saturated heterocycles. The Bertz CT molecular complexity index is 932. The van der Waals surface area contributed by atoms with Gasteiger partial charge in [0.05, 0.1) is 6.33 Å². The molecule has 0 spiro atoms. The van der Waals surface area contributed by atoms with Gasteiger partial charge in [-0.1, -0.05) is 24.6 Å². The third-order valence-electron chi connectivity index (χ3n) is 5.26. The summed E-state index contributed by atoms with van der Waals surface area (Å²) in [6.45, 7) is 1.84. The van der Waals surface area contributed by atoms with Crippen molar-refractivity contribution in [3.63, 3.8) is 0 Å². The molecule has 4 rings (SSSR count). The van der Waals surface area contributed by atoms with Crippen molar-refractivity contribution in [3.8, 4) is 0 Å². The van der Waals surface area contributed by atoms with Crippen LogP contribution >= 0.6 is 0 Å². The Hall–Kier alpha value is -2.19. The molecular formula is C19H24N4O3S. The minimum atomic E-state index is -3.57. The number of fused-ring (bicyclic) bond motifs is 1. The van der Waals surface area contributed by atoms with Crippen molar-refractivity contribution >= 4 is 21.6 Å². The SMILES string of the molecule is O=C(Cn1cnc(S(=O)(=O)N2CCCCC2)c1)N1CCCc2ccccc21. The van der Waals surface area contributed by atoms with E-state index in [0.29, 0.717) is 19.6 Å². The molecule has 1 amide bonds. The van der Waals surface area contributed by atoms with Crippen LogP contribution in [0.3, 0.4) is 0 Å². The number of amides is 1. The molecular weight excluding hydrogens is 364 g/mol. The molecule has 2 aliphatic heterocycles. The molecule has 27 heavy (non-hydrogen) atoms. The Morgan fingerprint density at radius 2 is 1.81 bits per heavy atom. The van der Waals surface area contributed by atoms with Gasteiger partial charge >= 0.3 is 0 Å². The van der Waals surface area contributed by atoms with Crippen LogP contribution in [-0.2, 0) is 27.8 Å². The first-order valence-electron chi connectivity index (χ1n) is 9.46. The van der Waals surface area contributed by atoms with Crippen molar-refractivity contribution in [3.05, 3.63) is 42.4 Å². The average molecular weight is 388 g/mol. The molecule has 2 aliphatic rings. The number of para-hydroxylation sites is 1. The van der Waals surface area contributed by atoms with Crippen LogP contribution in [0, 0.1) is 0 Å². The van der Waals surface area contributed by atoms with Crippen LogP contribution in [-0.4, -0.2) is 47.8 Å². The molecule has 1 aromatic carbocycles. The van der Waals surface area contributed by atoms with Crippen molar-refractivity contribution in [2.75, 3.05) is 24.5 Å². The van der Waals surface area contributed by atoms with Crippen LogP contribution < -0.4 is 4.90 Å². The Morgan fingerprint density at radius 3 is 2.63 bits per heavy atom. The highest BCUT2D eigenvalue weighted by Gasteiger charge is 2.28. The van der Waals surface area contributed by atoms with Gasteiger partial charge in [-0.15, -0.1) is 0 Å². The van der Waals surface area contributed by atoms with Crippen molar-refractivity contribution in [1.29, 1.82) is 0 Å². The molecule has 0 saturated carbocycles. The van der Waals surface area contributed by atoms with Crippen molar-refractivity contribution in [1.82, 2.24) is 13.9 Å². The van der Waals surface area contributed by atoms with Gasteiger partial charge in [-0.2, -0.15) is 4.31 Å². The predicted molar refractivity (Wildman–Crippen MR) is 102 cm³/mol. The molecule has 0 atom stereocenters. The third-order valence-corrected chi connectivity index (χ3v) is 7.04. The maximum absolute atomic E-state index is 12.8. The number of carbonyl (C=O) groups excluding carboxylic acids is 1. The first-order valence-corrected chi connectivity index (χ1v) is 10.9. The number of aryl methyl sites for hydroxylation is 1. The van der Waals surface area contributed by atoms with Crippen LogP contribution in [0.4, 0.5) is 5.69 Å². The fourth-order valence-electron chi connectivity index (χ4n) is 3.83. The highest BCUT2D eigenvalue weighted by molar-refractivity contribution is 7.89. The number of rotatable bonds is 4. The van der Waals surface area contributed by atoms with E-state index in [-0.39, 0.29) is 17.5 Å². The minimum Gasteiger partial charge on any atom is -0.327 e. The Balaban J connectivity index is 1.49. The summed E-state index contributed by atoms with van der Waals surface area (Å²) in [5, 5.41) is 0.0243. The lowest BCUT2D eigenvalue weighted by atomic mass is 10.0. The normalized spacial score (nSPS) is 18.3. The molecule has 0 bridgehead atoms. The first-order chi connectivity index (χ1) is 13.1. The highest BCUT2D eigenvalue weighted by Crippen LogP contribution is 2.27. The summed E-state index contributed by atoms with van der Waals surface area (Å²) in [4.78, 5) is 18.7. The molecule has 2 aromatic rings. The van der Waals surface area contributed by atoms with Crippen molar-refractivity contribution in [2.24, 2.45) is 0 Å². The number of nitrogens with zero attached hydrogens (tertiary/aromatic N) is 4. The van der Waals surface area contributed by atoms with Crippen LogP contribution in [0.2, 0.25) is 0 Å². The van der Waals surface area contributed by atoms with Gasteiger partial charge < -0.3 is 9.47 Å². The molecule has 0 unspecified atom stereocenters. The summed E-state index contributed by atoms with van der Waals surface area (Å²) in [6.07, 6.45) is 7.64. The Kier molecular flexibility index (Phi) is 5.01. The van der Waals surface area contributed by atoms with Crippen LogP contribution in [0.25, 0.3) is 0 Å². The number of piperidine rings is 1. The summed E-state index contributed by atoms with van der Waals surface area (Å²) in [7, 11) is -3.57. The lowest BCUT2D eigenvalue weighted by Crippen LogP contribution is -2.37. The molecule has 144 valence electrons. The third kappa shape index (κ3) is 3.64. The monoisotopic (exact) mass is 388 g/mol. The highest BCUT2D eigenvalue weighted by atomic mass is 32.2. The molecule has 1 aromatic heterocycles. The fraction of sp³-hybridized carbons (Fsp3) is 0.474. The van der Waals surface area contributed by atoms with E-state index < -0.39 is 10.0 Å². The summed E-state index contributed by atoms with van der Waals surface area (Å²) in [5.74, 6) is -0.0542. The number of hydrogen-bond donors (Lipinski definition) is 0. The average Bonchev–Trinajstić information content (AvgIpc) is 3.17. The number of hydrogen-bond acceptors (Lipinski definition) is 4. The van der Waals surface area contributed by atoms with Gasteiger partial charge in [0.25, 0.3) is 10.0 Å². The molecule has 3 heterocycles. The Morgan fingerprint density at radius 1 is 1.04 bits per heavy atom. The summed E-state index contributed by atoms with van der Waals surface area (Å²) in [6, 6.07) is 7.94. The molecule has 7 nitrogen and oxygen atoms in total. The fourth-order valence-corrected chi connectivity index (χ4v) is 5.28. The lowest BCUT2D eigenvalue weighted by molar-refractivity contribution is -0.119. The van der Waals surface area contributed by atoms with Crippen LogP contribution in [0.1, 0.15) is 31.2 Å². The van der Waals surface area contributed by atoms with Crippen LogP contribution in [0.5, 0.6) is 0 Å². The van der Waals surface area contributed by atoms with E-state index >= 15 is 0 Å². The maximum Gasteiger partial charge on any atom is 0.262 e. The second-order valence-corrected chi connectivity index (χ2v) is 9.01. The van der Waals surface area contributed by atoms with E-state index in [1.165, 1.54) is 22.4 Å². The lowest BCUT2D eigenvalue weighted by Gasteiger charge is -2.29. The van der Waals surface area contributed by atoms with E-state index in [4.69, 9.17) is 0 Å². The number of carbonyl (C=O) groups is 1. The van der Waals surface area contributed by atoms with Gasteiger partial charge in [-0.25, -0.2) is 13.4 Å². The summed E-state index contributed by atoms with van der Waals surface area (Å²) >= 11 is 0. The summed E-state index contributed by atoms with van der Waals surface area (Å²) < 4.78 is 28.5. The maximum atomic E-state index is 12.8. The quantitative estimate of drug-likeness (QED) is 0.803. The molecule has 8 heteroatoms. The van der Waals surface area contributed by atoms with Gasteiger partial charge in [0.2, 0.25) is 5.91 Å². The number of aromatic nitrogens is 2. The van der Waals surface area contributed by atoms with E-state index in [0.717, 1.165) is 37.8 Å². The van der Waals surface area contributed by atoms with Gasteiger partial charge in [-0.3, -0.25) is 4.79 Å². The van der Waals surface area contributed by atoms with E-state index in [1.54, 1.807) is 9.47 Å². The molecule has 0 radical (unpaired) electrons. The first kappa shape index (κ1) is 18.2. The predicted octanol–water partition coefficient (Wildman–Crippen LogP) is 2.04. The molecule has 1 fully saturated rings. The van der Waals surface area contributed by atoms with Crippen molar-refractivity contribution in [2.45, 2.75) is 43.7 Å². The van der Waals surface area contributed by atoms with Gasteiger partial charge in [-0.05, 0) is 37.3 Å². The Labute approximate surface area is 159 Å². The number of anilines is 1. The smallest absolute Gasteiger partial charge is 0.262 e. The summed E-state index contributed by atoms with van der Waals surface area (Å²) in [5.41, 5.74) is 2.13.